The summed E-state index contributed by atoms with van der Waals surface area (Å²) in [5, 5.41) is 21.7. The molecule has 1 aliphatic rings. The fraction of sp³-hybridized carbons (Fsp3) is 0.385. The van der Waals surface area contributed by atoms with E-state index in [0.717, 1.165) is 73.7 Å². The molecule has 4 aromatic rings. The number of anilines is 2. The second kappa shape index (κ2) is 10.7. The van der Waals surface area contributed by atoms with Crippen molar-refractivity contribution in [2.45, 2.75) is 57.7 Å². The van der Waals surface area contributed by atoms with Crippen molar-refractivity contribution < 1.29 is 5.11 Å². The molecular formula is C26H32N8O. The van der Waals surface area contributed by atoms with Gasteiger partial charge in [-0.25, -0.2) is 19.6 Å². The van der Waals surface area contributed by atoms with E-state index in [-0.39, 0.29) is 12.1 Å². The maximum Gasteiger partial charge on any atom is 0.223 e. The van der Waals surface area contributed by atoms with E-state index >= 15 is 0 Å². The highest BCUT2D eigenvalue weighted by Gasteiger charge is 2.22. The lowest BCUT2D eigenvalue weighted by Gasteiger charge is -2.26. The topological polar surface area (TPSA) is 106 Å². The number of aryl methyl sites for hydroxylation is 1. The van der Waals surface area contributed by atoms with Crippen LogP contribution in [0.2, 0.25) is 0 Å². The third-order valence-corrected chi connectivity index (χ3v) is 6.50. The number of nitrogens with zero attached hydrogens (tertiary/aromatic N) is 6. The van der Waals surface area contributed by atoms with Crippen LogP contribution >= 0.6 is 0 Å². The SMILES string of the molecule is Cc1c(-c2ccnc(NC3CCC(O)CC3)n2)c(NCCCn2ccnc2)nn1-c1ccccc1. The highest BCUT2D eigenvalue weighted by atomic mass is 16.3. The minimum absolute atomic E-state index is 0.186. The van der Waals surface area contributed by atoms with Crippen molar-refractivity contribution in [3.05, 3.63) is 67.0 Å². The number of hydrogen-bond acceptors (Lipinski definition) is 7. The first-order valence-corrected chi connectivity index (χ1v) is 12.3. The van der Waals surface area contributed by atoms with Gasteiger partial charge in [0.05, 0.1) is 35.1 Å². The Morgan fingerprint density at radius 3 is 2.66 bits per heavy atom. The molecule has 0 aliphatic heterocycles. The van der Waals surface area contributed by atoms with Crippen LogP contribution in [0.3, 0.4) is 0 Å². The lowest BCUT2D eigenvalue weighted by molar-refractivity contribution is 0.126. The van der Waals surface area contributed by atoms with E-state index < -0.39 is 0 Å². The Hall–Kier alpha value is -3.72. The molecule has 1 saturated carbocycles. The summed E-state index contributed by atoms with van der Waals surface area (Å²) in [5.74, 6) is 1.42. The molecule has 1 fully saturated rings. The minimum Gasteiger partial charge on any atom is -0.393 e. The van der Waals surface area contributed by atoms with E-state index in [0.29, 0.717) is 5.95 Å². The fourth-order valence-corrected chi connectivity index (χ4v) is 4.61. The van der Waals surface area contributed by atoms with Crippen molar-refractivity contribution in [2.75, 3.05) is 17.2 Å². The monoisotopic (exact) mass is 472 g/mol. The van der Waals surface area contributed by atoms with Gasteiger partial charge in [0, 0.05) is 37.7 Å². The van der Waals surface area contributed by atoms with Crippen LogP contribution in [0.4, 0.5) is 11.8 Å². The summed E-state index contributed by atoms with van der Waals surface area (Å²) in [6, 6.07) is 12.4. The smallest absolute Gasteiger partial charge is 0.223 e. The Bertz CT molecular complexity index is 1210. The first-order chi connectivity index (χ1) is 17.2. The van der Waals surface area contributed by atoms with E-state index in [9.17, 15) is 5.11 Å². The molecule has 35 heavy (non-hydrogen) atoms. The van der Waals surface area contributed by atoms with Gasteiger partial charge in [0.2, 0.25) is 5.95 Å². The number of rotatable bonds is 9. The molecule has 5 rings (SSSR count). The van der Waals surface area contributed by atoms with Crippen LogP contribution in [-0.4, -0.2) is 53.1 Å². The maximum atomic E-state index is 9.81. The summed E-state index contributed by atoms with van der Waals surface area (Å²) in [7, 11) is 0. The van der Waals surface area contributed by atoms with Crippen LogP contribution in [0.25, 0.3) is 16.9 Å². The van der Waals surface area contributed by atoms with Crippen molar-refractivity contribution in [3.63, 3.8) is 0 Å². The van der Waals surface area contributed by atoms with Crippen molar-refractivity contribution in [3.8, 4) is 16.9 Å². The number of nitrogens with one attached hydrogen (secondary N) is 2. The Morgan fingerprint density at radius 2 is 1.89 bits per heavy atom. The van der Waals surface area contributed by atoms with Crippen LogP contribution in [-0.2, 0) is 6.54 Å². The zero-order chi connectivity index (χ0) is 24.0. The Morgan fingerprint density at radius 1 is 1.06 bits per heavy atom. The van der Waals surface area contributed by atoms with Gasteiger partial charge in [-0.15, -0.1) is 5.10 Å². The molecule has 0 spiro atoms. The molecule has 0 atom stereocenters. The van der Waals surface area contributed by atoms with Crippen LogP contribution in [0.5, 0.6) is 0 Å². The number of benzene rings is 1. The lowest BCUT2D eigenvalue weighted by atomic mass is 9.93. The van der Waals surface area contributed by atoms with Gasteiger partial charge in [0.25, 0.3) is 0 Å². The maximum absolute atomic E-state index is 9.81. The summed E-state index contributed by atoms with van der Waals surface area (Å²) in [5.41, 5.74) is 3.82. The molecule has 3 aromatic heterocycles. The van der Waals surface area contributed by atoms with Gasteiger partial charge >= 0.3 is 0 Å². The lowest BCUT2D eigenvalue weighted by Crippen LogP contribution is -2.28. The summed E-state index contributed by atoms with van der Waals surface area (Å²) in [6.45, 7) is 3.74. The molecule has 3 heterocycles. The Balaban J connectivity index is 1.39. The van der Waals surface area contributed by atoms with E-state index in [4.69, 9.17) is 10.1 Å². The molecule has 9 nitrogen and oxygen atoms in total. The number of imidazole rings is 1. The number of hydrogen-bond donors (Lipinski definition) is 3. The van der Waals surface area contributed by atoms with E-state index in [2.05, 4.69) is 44.2 Å². The van der Waals surface area contributed by atoms with Gasteiger partial charge in [-0.05, 0) is 57.2 Å². The molecule has 1 aromatic carbocycles. The van der Waals surface area contributed by atoms with Gasteiger partial charge in [-0.2, -0.15) is 0 Å². The van der Waals surface area contributed by atoms with Crippen molar-refractivity contribution in [2.24, 2.45) is 0 Å². The first kappa shape index (κ1) is 23.0. The molecule has 1 aliphatic carbocycles. The highest BCUT2D eigenvalue weighted by Crippen LogP contribution is 2.32. The number of aliphatic hydroxyl groups excluding tert-OH is 1. The molecule has 0 bridgehead atoms. The van der Waals surface area contributed by atoms with Gasteiger partial charge in [-0.3, -0.25) is 0 Å². The molecule has 3 N–H and O–H groups in total. The summed E-state index contributed by atoms with van der Waals surface area (Å²) in [4.78, 5) is 13.4. The normalized spacial score (nSPS) is 17.9. The Kier molecular flexibility index (Phi) is 7.04. The predicted molar refractivity (Wildman–Crippen MR) is 137 cm³/mol. The van der Waals surface area contributed by atoms with Crippen LogP contribution in [0, 0.1) is 6.92 Å². The van der Waals surface area contributed by atoms with Crippen LogP contribution in [0.15, 0.2) is 61.3 Å². The molecule has 0 amide bonds. The largest absolute Gasteiger partial charge is 0.393 e. The first-order valence-electron chi connectivity index (χ1n) is 12.3. The summed E-state index contributed by atoms with van der Waals surface area (Å²) in [6.07, 6.45) is 11.6. The number of para-hydroxylation sites is 1. The second-order valence-electron chi connectivity index (χ2n) is 9.05. The predicted octanol–water partition coefficient (Wildman–Crippen LogP) is 4.05. The van der Waals surface area contributed by atoms with Crippen LogP contribution in [0.1, 0.15) is 37.8 Å². The third-order valence-electron chi connectivity index (χ3n) is 6.50. The summed E-state index contributed by atoms with van der Waals surface area (Å²) >= 11 is 0. The third kappa shape index (κ3) is 5.51. The number of aromatic nitrogens is 6. The molecular weight excluding hydrogens is 440 g/mol. The highest BCUT2D eigenvalue weighted by molar-refractivity contribution is 5.76. The quantitative estimate of drug-likeness (QED) is 0.316. The zero-order valence-electron chi connectivity index (χ0n) is 20.0. The van der Waals surface area contributed by atoms with Crippen molar-refractivity contribution >= 4 is 11.8 Å². The molecule has 9 heteroatoms. The van der Waals surface area contributed by atoms with E-state index in [1.807, 2.05) is 41.5 Å². The fourth-order valence-electron chi connectivity index (χ4n) is 4.61. The second-order valence-corrected chi connectivity index (χ2v) is 9.05. The van der Waals surface area contributed by atoms with Gasteiger partial charge in [-0.1, -0.05) is 18.2 Å². The number of aliphatic hydroxyl groups is 1. The van der Waals surface area contributed by atoms with E-state index in [1.165, 1.54) is 0 Å². The van der Waals surface area contributed by atoms with Gasteiger partial charge in [0.1, 0.15) is 0 Å². The standard InChI is InChI=1S/C26H32N8O/c1-19-24(23-12-14-29-26(31-23)30-20-8-10-22(35)11-9-20)25(28-13-5-16-33-17-15-27-18-33)32-34(19)21-6-3-2-4-7-21/h2-4,6-7,12,14-15,17-18,20,22,35H,5,8-11,13,16H2,1H3,(H,28,32)(H,29,30,31). The van der Waals surface area contributed by atoms with Crippen LogP contribution < -0.4 is 10.6 Å². The van der Waals surface area contributed by atoms with Crippen molar-refractivity contribution in [1.82, 2.24) is 29.3 Å². The van der Waals surface area contributed by atoms with Gasteiger partial charge < -0.3 is 20.3 Å². The molecule has 0 radical (unpaired) electrons. The average Bonchev–Trinajstić information content (AvgIpc) is 3.52. The molecule has 0 saturated heterocycles. The van der Waals surface area contributed by atoms with Crippen molar-refractivity contribution in [1.29, 1.82) is 0 Å². The minimum atomic E-state index is -0.186. The van der Waals surface area contributed by atoms with E-state index in [1.54, 1.807) is 12.4 Å². The Labute approximate surface area is 205 Å². The van der Waals surface area contributed by atoms with Gasteiger partial charge in [0.15, 0.2) is 5.82 Å². The molecule has 182 valence electrons. The average molecular weight is 473 g/mol. The summed E-state index contributed by atoms with van der Waals surface area (Å²) < 4.78 is 4.04. The molecule has 0 unspecified atom stereocenters. The zero-order valence-corrected chi connectivity index (χ0v) is 20.0.